The third-order valence-corrected chi connectivity index (χ3v) is 5.88. The molecule has 0 saturated carbocycles. The van der Waals surface area contributed by atoms with Crippen LogP contribution in [0.15, 0.2) is 41.3 Å². The number of carbonyl (C=O) groups is 1. The Morgan fingerprint density at radius 2 is 1.93 bits per heavy atom. The zero-order chi connectivity index (χ0) is 19.6. The van der Waals surface area contributed by atoms with Crippen LogP contribution in [0.1, 0.15) is 18.9 Å². The molecule has 0 aliphatic carbocycles. The molecule has 0 saturated heterocycles. The molecule has 0 aromatic heterocycles. The van der Waals surface area contributed by atoms with Crippen LogP contribution in [0, 0.1) is 0 Å². The van der Waals surface area contributed by atoms with E-state index in [0.717, 1.165) is 11.3 Å². The van der Waals surface area contributed by atoms with Crippen LogP contribution in [0.3, 0.4) is 0 Å². The first-order valence-electron chi connectivity index (χ1n) is 8.57. The summed E-state index contributed by atoms with van der Waals surface area (Å²) in [5, 5.41) is 0. The number of methoxy groups -OCH3 is 2. The maximum absolute atomic E-state index is 12.8. The largest absolute Gasteiger partial charge is 0.497 e. The highest BCUT2D eigenvalue weighted by Crippen LogP contribution is 2.33. The standard InChI is InChI=1S/C19H22N2O5S/c1-4-19(22)21-10-9-13-11-15(6-8-17(13)21)27(23,24)20-16-7-5-14(25-2)12-18(16)26-3/h5-8,11-12,20H,4,9-10H2,1-3H3. The summed E-state index contributed by atoms with van der Waals surface area (Å²) in [5.41, 5.74) is 1.95. The minimum Gasteiger partial charge on any atom is -0.497 e. The summed E-state index contributed by atoms with van der Waals surface area (Å²) in [4.78, 5) is 13.8. The number of nitrogens with zero attached hydrogens (tertiary/aromatic N) is 1. The van der Waals surface area contributed by atoms with Crippen LogP contribution in [0.2, 0.25) is 0 Å². The minimum absolute atomic E-state index is 0.0328. The van der Waals surface area contributed by atoms with Gasteiger partial charge in [0.2, 0.25) is 5.91 Å². The fraction of sp³-hybridized carbons (Fsp3) is 0.316. The number of rotatable bonds is 6. The number of ether oxygens (including phenoxy) is 2. The minimum atomic E-state index is -3.80. The van der Waals surface area contributed by atoms with Gasteiger partial charge in [0.1, 0.15) is 11.5 Å². The Bertz CT molecular complexity index is 972. The highest BCUT2D eigenvalue weighted by atomic mass is 32.2. The van der Waals surface area contributed by atoms with Crippen LogP contribution in [0.25, 0.3) is 0 Å². The monoisotopic (exact) mass is 390 g/mol. The third kappa shape index (κ3) is 3.71. The predicted octanol–water partition coefficient (Wildman–Crippen LogP) is 2.80. The lowest BCUT2D eigenvalue weighted by Gasteiger charge is -2.17. The quantitative estimate of drug-likeness (QED) is 0.820. The van der Waals surface area contributed by atoms with Crippen LogP contribution >= 0.6 is 0 Å². The van der Waals surface area contributed by atoms with Gasteiger partial charge in [-0.2, -0.15) is 0 Å². The number of hydrogen-bond acceptors (Lipinski definition) is 5. The molecule has 0 atom stereocenters. The number of carbonyl (C=O) groups excluding carboxylic acids is 1. The molecule has 0 unspecified atom stereocenters. The molecule has 3 rings (SSSR count). The molecule has 1 aliphatic heterocycles. The van der Waals surface area contributed by atoms with Crippen molar-refractivity contribution < 1.29 is 22.7 Å². The zero-order valence-electron chi connectivity index (χ0n) is 15.5. The van der Waals surface area contributed by atoms with Crippen molar-refractivity contribution in [1.82, 2.24) is 0 Å². The Kier molecular flexibility index (Phi) is 5.27. The molecule has 1 N–H and O–H groups in total. The summed E-state index contributed by atoms with van der Waals surface area (Å²) in [6, 6.07) is 9.67. The molecule has 7 nitrogen and oxygen atoms in total. The first-order valence-corrected chi connectivity index (χ1v) is 10.1. The molecule has 0 fully saturated rings. The van der Waals surface area contributed by atoms with E-state index in [1.807, 2.05) is 6.92 Å². The van der Waals surface area contributed by atoms with Crippen molar-refractivity contribution in [2.45, 2.75) is 24.7 Å². The van der Waals surface area contributed by atoms with Gasteiger partial charge in [-0.05, 0) is 42.3 Å². The molecule has 0 spiro atoms. The van der Waals surface area contributed by atoms with Gasteiger partial charge in [-0.3, -0.25) is 9.52 Å². The van der Waals surface area contributed by atoms with Crippen LogP contribution in [-0.2, 0) is 21.2 Å². The highest BCUT2D eigenvalue weighted by molar-refractivity contribution is 7.92. The highest BCUT2D eigenvalue weighted by Gasteiger charge is 2.26. The molecule has 1 aliphatic rings. The van der Waals surface area contributed by atoms with E-state index in [4.69, 9.17) is 9.47 Å². The van der Waals surface area contributed by atoms with Crippen molar-refractivity contribution in [3.63, 3.8) is 0 Å². The molecule has 2 aromatic carbocycles. The number of amides is 1. The van der Waals surface area contributed by atoms with E-state index in [1.165, 1.54) is 20.3 Å². The van der Waals surface area contributed by atoms with E-state index in [2.05, 4.69) is 4.72 Å². The summed E-state index contributed by atoms with van der Waals surface area (Å²) in [5.74, 6) is 0.956. The van der Waals surface area contributed by atoms with Crippen molar-refractivity contribution in [2.24, 2.45) is 0 Å². The Hall–Kier alpha value is -2.74. The average molecular weight is 390 g/mol. The van der Waals surface area contributed by atoms with Gasteiger partial charge in [0.05, 0.1) is 24.8 Å². The molecule has 0 radical (unpaired) electrons. The number of nitrogens with one attached hydrogen (secondary N) is 1. The lowest BCUT2D eigenvalue weighted by molar-refractivity contribution is -0.118. The zero-order valence-corrected chi connectivity index (χ0v) is 16.3. The van der Waals surface area contributed by atoms with Gasteiger partial charge in [-0.15, -0.1) is 0 Å². The van der Waals surface area contributed by atoms with E-state index >= 15 is 0 Å². The summed E-state index contributed by atoms with van der Waals surface area (Å²) in [6.07, 6.45) is 1.05. The topological polar surface area (TPSA) is 84.9 Å². The second-order valence-corrected chi connectivity index (χ2v) is 7.79. The molecular weight excluding hydrogens is 368 g/mol. The first kappa shape index (κ1) is 19.0. The van der Waals surface area contributed by atoms with E-state index in [1.54, 1.807) is 35.2 Å². The van der Waals surface area contributed by atoms with Crippen molar-refractivity contribution >= 4 is 27.3 Å². The number of anilines is 2. The summed E-state index contributed by atoms with van der Waals surface area (Å²) >= 11 is 0. The molecule has 2 aromatic rings. The number of hydrogen-bond donors (Lipinski definition) is 1. The smallest absolute Gasteiger partial charge is 0.262 e. The second kappa shape index (κ2) is 7.48. The van der Waals surface area contributed by atoms with Gasteiger partial charge in [-0.1, -0.05) is 6.92 Å². The van der Waals surface area contributed by atoms with Crippen molar-refractivity contribution in [2.75, 3.05) is 30.4 Å². The lowest BCUT2D eigenvalue weighted by Crippen LogP contribution is -2.27. The van der Waals surface area contributed by atoms with Crippen LogP contribution in [0.4, 0.5) is 11.4 Å². The van der Waals surface area contributed by atoms with Crippen molar-refractivity contribution in [3.8, 4) is 11.5 Å². The summed E-state index contributed by atoms with van der Waals surface area (Å²) in [7, 11) is -0.821. The van der Waals surface area contributed by atoms with Gasteiger partial charge in [0, 0.05) is 24.7 Å². The number of fused-ring (bicyclic) bond motifs is 1. The lowest BCUT2D eigenvalue weighted by atomic mass is 10.2. The molecule has 144 valence electrons. The van der Waals surface area contributed by atoms with Gasteiger partial charge >= 0.3 is 0 Å². The Morgan fingerprint density at radius 3 is 2.59 bits per heavy atom. The van der Waals surface area contributed by atoms with E-state index in [9.17, 15) is 13.2 Å². The summed E-state index contributed by atoms with van der Waals surface area (Å²) < 4.78 is 38.6. The van der Waals surface area contributed by atoms with Gasteiger partial charge in [-0.25, -0.2) is 8.42 Å². The van der Waals surface area contributed by atoms with E-state index in [0.29, 0.717) is 36.6 Å². The molecule has 1 heterocycles. The SMILES string of the molecule is CCC(=O)N1CCc2cc(S(=O)(=O)Nc3ccc(OC)cc3OC)ccc21. The van der Waals surface area contributed by atoms with Gasteiger partial charge < -0.3 is 14.4 Å². The van der Waals surface area contributed by atoms with Crippen LogP contribution in [0.5, 0.6) is 11.5 Å². The van der Waals surface area contributed by atoms with Crippen LogP contribution < -0.4 is 19.1 Å². The maximum Gasteiger partial charge on any atom is 0.262 e. The predicted molar refractivity (Wildman–Crippen MR) is 103 cm³/mol. The molecular formula is C19H22N2O5S. The van der Waals surface area contributed by atoms with Crippen LogP contribution in [-0.4, -0.2) is 35.1 Å². The molecule has 0 bridgehead atoms. The Balaban J connectivity index is 1.90. The van der Waals surface area contributed by atoms with Crippen molar-refractivity contribution in [1.29, 1.82) is 0 Å². The summed E-state index contributed by atoms with van der Waals surface area (Å²) in [6.45, 7) is 2.39. The average Bonchev–Trinajstić information content (AvgIpc) is 3.10. The fourth-order valence-electron chi connectivity index (χ4n) is 3.08. The number of benzene rings is 2. The fourth-order valence-corrected chi connectivity index (χ4v) is 4.20. The number of sulfonamides is 1. The van der Waals surface area contributed by atoms with Crippen molar-refractivity contribution in [3.05, 3.63) is 42.0 Å². The Labute approximate surface area is 158 Å². The Morgan fingerprint density at radius 1 is 1.15 bits per heavy atom. The maximum atomic E-state index is 12.8. The van der Waals surface area contributed by atoms with Gasteiger partial charge in [0.25, 0.3) is 10.0 Å². The molecule has 8 heteroatoms. The van der Waals surface area contributed by atoms with Gasteiger partial charge in [0.15, 0.2) is 0 Å². The third-order valence-electron chi connectivity index (χ3n) is 4.51. The molecule has 1 amide bonds. The normalized spacial score (nSPS) is 13.2. The van der Waals surface area contributed by atoms with E-state index < -0.39 is 10.0 Å². The first-order chi connectivity index (χ1) is 12.9. The second-order valence-electron chi connectivity index (χ2n) is 6.11. The molecule has 27 heavy (non-hydrogen) atoms. The van der Waals surface area contributed by atoms with E-state index in [-0.39, 0.29) is 10.8 Å².